The molecule has 6 aromatic heterocycles. The van der Waals surface area contributed by atoms with Crippen molar-refractivity contribution in [2.45, 2.75) is 27.7 Å². The number of nitrogens with one attached hydrogen (secondary N) is 2. The Morgan fingerprint density at radius 3 is 0.961 bits per heavy atom. The van der Waals surface area contributed by atoms with E-state index in [0.717, 1.165) is 55.8 Å². The third-order valence-electron chi connectivity index (χ3n) is 9.42. The van der Waals surface area contributed by atoms with Gasteiger partial charge in [0.1, 0.15) is 0 Å². The fourth-order valence-corrected chi connectivity index (χ4v) is 6.52. The molecular weight excluding hydrogens is 718 g/mol. The number of aryl methyl sites for hydroxylation is 4. The van der Waals surface area contributed by atoms with E-state index >= 15 is 0 Å². The number of pyridine rings is 4. The van der Waals surface area contributed by atoms with E-state index in [9.17, 15) is 0 Å². The molecule has 0 unspecified atom stereocenters. The molecule has 51 heavy (non-hydrogen) atoms. The van der Waals surface area contributed by atoms with Gasteiger partial charge in [-0.05, 0) is 98.5 Å². The Bertz CT molecular complexity index is 2460. The van der Waals surface area contributed by atoms with Crippen LogP contribution in [0.4, 0.5) is 0 Å². The van der Waals surface area contributed by atoms with Crippen molar-refractivity contribution in [1.82, 2.24) is 39.9 Å². The predicted molar refractivity (Wildman–Crippen MR) is 204 cm³/mol. The molecule has 0 radical (unpaired) electrons. The molecule has 8 nitrogen and oxygen atoms in total. The summed E-state index contributed by atoms with van der Waals surface area (Å²) in [6, 6.07) is 32.3. The van der Waals surface area contributed by atoms with Crippen LogP contribution in [-0.4, -0.2) is 39.9 Å². The summed E-state index contributed by atoms with van der Waals surface area (Å²) >= 11 is 0. The van der Waals surface area contributed by atoms with Gasteiger partial charge in [0.2, 0.25) is 0 Å². The molecule has 6 heterocycles. The van der Waals surface area contributed by atoms with E-state index in [1.54, 1.807) is 0 Å². The smallest absolute Gasteiger partial charge is 0.174 e. The monoisotopic (exact) mass is 752 g/mol. The van der Waals surface area contributed by atoms with Gasteiger partial charge in [0.25, 0.3) is 0 Å². The minimum Gasteiger partial charge on any atom is -0.335 e. The molecule has 9 heteroatoms. The van der Waals surface area contributed by atoms with Crippen LogP contribution >= 0.6 is 0 Å². The first-order chi connectivity index (χ1) is 24.5. The maximum atomic E-state index is 4.53. The summed E-state index contributed by atoms with van der Waals surface area (Å²) in [6.07, 6.45) is 7.30. The molecule has 0 aliphatic heterocycles. The van der Waals surface area contributed by atoms with Crippen molar-refractivity contribution in [2.75, 3.05) is 0 Å². The second-order valence-corrected chi connectivity index (χ2v) is 12.3. The number of imidazole rings is 2. The van der Waals surface area contributed by atoms with Gasteiger partial charge in [-0.25, -0.2) is 9.97 Å². The standard InChI is InChI=1S/C14H10N4.2C14H12N2.Ru/c1-2-6-10-9(5-1)15-13(16-10)14-17-11-7-3-4-8-12(11)18-14;2*1-9-10(2)12-6-4-8-16-14(12)13-11(9)5-3-7-15-13;/h1-8H,(H,15,16)(H,17,18);2*3-8H,1-2H3;. The SMILES string of the molecule is Cc1c(C)c2cccnc2c2ncccc12.Cc1c(C)c2cccnc2c2ncccc12.[Ru].c1ccc2[nH]c(-c3nc4ccccc4[nH]3)nc2c1. The number of H-pyrrole nitrogens is 2. The van der Waals surface area contributed by atoms with Gasteiger partial charge in [-0.1, -0.05) is 48.5 Å². The van der Waals surface area contributed by atoms with Crippen molar-refractivity contribution in [2.24, 2.45) is 0 Å². The van der Waals surface area contributed by atoms with Crippen molar-refractivity contribution in [3.8, 4) is 11.6 Å². The molecule has 0 aliphatic rings. The first-order valence-electron chi connectivity index (χ1n) is 16.5. The van der Waals surface area contributed by atoms with Gasteiger partial charge in [0.05, 0.1) is 44.1 Å². The van der Waals surface area contributed by atoms with Crippen LogP contribution in [0.5, 0.6) is 0 Å². The van der Waals surface area contributed by atoms with Crippen molar-refractivity contribution >= 4 is 65.7 Å². The summed E-state index contributed by atoms with van der Waals surface area (Å²) in [5.74, 6) is 1.54. The summed E-state index contributed by atoms with van der Waals surface area (Å²) < 4.78 is 0. The molecule has 0 saturated carbocycles. The summed E-state index contributed by atoms with van der Waals surface area (Å²) in [4.78, 5) is 33.4. The number of benzene rings is 4. The van der Waals surface area contributed by atoms with E-state index in [1.165, 1.54) is 43.8 Å². The number of nitrogens with zero attached hydrogens (tertiary/aromatic N) is 6. The van der Waals surface area contributed by atoms with Crippen LogP contribution < -0.4 is 0 Å². The summed E-state index contributed by atoms with van der Waals surface area (Å²) in [5.41, 5.74) is 13.1. The fraction of sp³-hybridized carbons (Fsp3) is 0.0952. The molecule has 10 aromatic rings. The quantitative estimate of drug-likeness (QED) is 0.128. The molecule has 2 N–H and O–H groups in total. The van der Waals surface area contributed by atoms with Gasteiger partial charge in [0.15, 0.2) is 11.6 Å². The average Bonchev–Trinajstić information content (AvgIpc) is 3.82. The van der Waals surface area contributed by atoms with Gasteiger partial charge in [0, 0.05) is 65.8 Å². The number of aromatic amines is 2. The molecular formula is C42H34N8Ru. The molecule has 0 atom stereocenters. The number of rotatable bonds is 1. The summed E-state index contributed by atoms with van der Waals surface area (Å²) in [7, 11) is 0. The van der Waals surface area contributed by atoms with Crippen LogP contribution in [0, 0.1) is 27.7 Å². The Morgan fingerprint density at radius 1 is 0.373 bits per heavy atom. The van der Waals surface area contributed by atoms with Crippen molar-refractivity contribution < 1.29 is 19.5 Å². The molecule has 0 spiro atoms. The van der Waals surface area contributed by atoms with E-state index in [0.29, 0.717) is 0 Å². The minimum atomic E-state index is 0. The van der Waals surface area contributed by atoms with Crippen molar-refractivity contribution in [3.63, 3.8) is 0 Å². The van der Waals surface area contributed by atoms with Crippen LogP contribution in [0.2, 0.25) is 0 Å². The predicted octanol–water partition coefficient (Wildman–Crippen LogP) is 9.90. The van der Waals surface area contributed by atoms with E-state index in [1.807, 2.05) is 97.6 Å². The molecule has 0 aliphatic carbocycles. The van der Waals surface area contributed by atoms with Crippen molar-refractivity contribution in [3.05, 3.63) is 144 Å². The average molecular weight is 752 g/mol. The molecule has 0 fully saturated rings. The zero-order chi connectivity index (χ0) is 34.2. The second-order valence-electron chi connectivity index (χ2n) is 12.3. The first-order valence-corrected chi connectivity index (χ1v) is 16.5. The van der Waals surface area contributed by atoms with E-state index in [4.69, 9.17) is 0 Å². The Kier molecular flexibility index (Phi) is 9.31. The third kappa shape index (κ3) is 6.21. The van der Waals surface area contributed by atoms with E-state index < -0.39 is 0 Å². The Morgan fingerprint density at radius 2 is 0.667 bits per heavy atom. The molecule has 0 bridgehead atoms. The summed E-state index contributed by atoms with van der Waals surface area (Å²) in [6.45, 7) is 8.58. The maximum absolute atomic E-state index is 4.53. The van der Waals surface area contributed by atoms with Crippen LogP contribution in [0.3, 0.4) is 0 Å². The topological polar surface area (TPSA) is 109 Å². The Balaban J connectivity index is 0.000000119. The second kappa shape index (κ2) is 14.1. The molecule has 0 amide bonds. The van der Waals surface area contributed by atoms with Gasteiger partial charge in [-0.2, -0.15) is 0 Å². The van der Waals surface area contributed by atoms with Crippen LogP contribution in [0.25, 0.3) is 77.3 Å². The molecule has 0 saturated heterocycles. The molecule has 4 aromatic carbocycles. The van der Waals surface area contributed by atoms with Gasteiger partial charge in [-0.3, -0.25) is 19.9 Å². The summed E-state index contributed by atoms with van der Waals surface area (Å²) in [5, 5.41) is 4.80. The first kappa shape index (κ1) is 33.6. The molecule has 250 valence electrons. The zero-order valence-corrected chi connectivity index (χ0v) is 30.3. The number of fused-ring (bicyclic) bond motifs is 8. The number of para-hydroxylation sites is 4. The van der Waals surface area contributed by atoms with Crippen LogP contribution in [0.15, 0.2) is 122 Å². The van der Waals surface area contributed by atoms with E-state index in [2.05, 4.69) is 91.8 Å². The van der Waals surface area contributed by atoms with E-state index in [-0.39, 0.29) is 19.5 Å². The third-order valence-corrected chi connectivity index (χ3v) is 9.42. The zero-order valence-electron chi connectivity index (χ0n) is 28.6. The van der Waals surface area contributed by atoms with Crippen LogP contribution in [0.1, 0.15) is 22.3 Å². The Hall–Kier alpha value is -5.92. The molecule has 10 rings (SSSR count). The fourth-order valence-electron chi connectivity index (χ4n) is 6.52. The maximum Gasteiger partial charge on any atom is 0.174 e. The largest absolute Gasteiger partial charge is 0.335 e. The van der Waals surface area contributed by atoms with Gasteiger partial charge >= 0.3 is 0 Å². The Labute approximate surface area is 307 Å². The number of aromatic nitrogens is 8. The van der Waals surface area contributed by atoms with Crippen molar-refractivity contribution in [1.29, 1.82) is 0 Å². The normalized spacial score (nSPS) is 11.0. The minimum absolute atomic E-state index is 0. The number of hydrogen-bond donors (Lipinski definition) is 2. The van der Waals surface area contributed by atoms with Crippen LogP contribution in [-0.2, 0) is 19.5 Å². The number of hydrogen-bond acceptors (Lipinski definition) is 6. The van der Waals surface area contributed by atoms with Gasteiger partial charge < -0.3 is 9.97 Å². The van der Waals surface area contributed by atoms with Gasteiger partial charge in [-0.15, -0.1) is 0 Å².